The molecule has 14 heavy (non-hydrogen) atoms. The summed E-state index contributed by atoms with van der Waals surface area (Å²) >= 11 is 0. The molecular weight excluding hydrogens is 190 g/mol. The van der Waals surface area contributed by atoms with Gasteiger partial charge in [-0.3, -0.25) is 0 Å². The van der Waals surface area contributed by atoms with Crippen molar-refractivity contribution in [2.45, 2.75) is 13.0 Å². The zero-order valence-electron chi connectivity index (χ0n) is 7.84. The van der Waals surface area contributed by atoms with Crippen molar-refractivity contribution in [3.8, 4) is 0 Å². The zero-order chi connectivity index (χ0) is 10.6. The van der Waals surface area contributed by atoms with Crippen LogP contribution in [-0.2, 0) is 4.74 Å². The van der Waals surface area contributed by atoms with Crippen molar-refractivity contribution in [3.63, 3.8) is 0 Å². The van der Waals surface area contributed by atoms with E-state index in [-0.39, 0.29) is 12.2 Å². The summed E-state index contributed by atoms with van der Waals surface area (Å²) in [6.45, 7) is 2.15. The predicted molar refractivity (Wildman–Crippen MR) is 47.8 cm³/mol. The Balaban J connectivity index is 2.77. The van der Waals surface area contributed by atoms with Crippen molar-refractivity contribution in [1.82, 2.24) is 0 Å². The van der Waals surface area contributed by atoms with Gasteiger partial charge in [-0.1, -0.05) is 0 Å². The standard InChI is InChI=1S/C10H12F2O2/c1-2-14-6-10(13)8-5-7(11)3-4-9(8)12/h3-5,10,13H,2,6H2,1H3. The maximum Gasteiger partial charge on any atom is 0.129 e. The van der Waals surface area contributed by atoms with E-state index in [4.69, 9.17) is 4.74 Å². The van der Waals surface area contributed by atoms with Crippen LogP contribution in [0.3, 0.4) is 0 Å². The first kappa shape index (κ1) is 11.1. The molecule has 1 atom stereocenters. The fourth-order valence-corrected chi connectivity index (χ4v) is 1.09. The Morgan fingerprint density at radius 2 is 2.14 bits per heavy atom. The summed E-state index contributed by atoms with van der Waals surface area (Å²) in [7, 11) is 0. The Morgan fingerprint density at radius 3 is 2.79 bits per heavy atom. The quantitative estimate of drug-likeness (QED) is 0.809. The Bertz CT molecular complexity index is 302. The van der Waals surface area contributed by atoms with Gasteiger partial charge in [0.15, 0.2) is 0 Å². The number of hydrogen-bond acceptors (Lipinski definition) is 2. The van der Waals surface area contributed by atoms with Crippen LogP contribution in [0.2, 0.25) is 0 Å². The second kappa shape index (κ2) is 5.02. The first-order valence-electron chi connectivity index (χ1n) is 4.36. The second-order valence-electron chi connectivity index (χ2n) is 2.84. The molecule has 0 bridgehead atoms. The molecule has 0 saturated carbocycles. The van der Waals surface area contributed by atoms with E-state index in [1.165, 1.54) is 0 Å². The third-order valence-electron chi connectivity index (χ3n) is 1.80. The molecule has 1 aromatic carbocycles. The van der Waals surface area contributed by atoms with Gasteiger partial charge in [0.1, 0.15) is 17.7 Å². The van der Waals surface area contributed by atoms with Gasteiger partial charge in [0.25, 0.3) is 0 Å². The van der Waals surface area contributed by atoms with Gasteiger partial charge in [0, 0.05) is 12.2 Å². The van der Waals surface area contributed by atoms with Crippen molar-refractivity contribution < 1.29 is 18.6 Å². The van der Waals surface area contributed by atoms with E-state index >= 15 is 0 Å². The van der Waals surface area contributed by atoms with Gasteiger partial charge in [-0.2, -0.15) is 0 Å². The fourth-order valence-electron chi connectivity index (χ4n) is 1.09. The van der Waals surface area contributed by atoms with Gasteiger partial charge in [-0.05, 0) is 25.1 Å². The lowest BCUT2D eigenvalue weighted by Gasteiger charge is -2.11. The topological polar surface area (TPSA) is 29.5 Å². The van der Waals surface area contributed by atoms with Crippen LogP contribution in [0.5, 0.6) is 0 Å². The average Bonchev–Trinajstić information content (AvgIpc) is 2.18. The first-order chi connectivity index (χ1) is 6.65. The van der Waals surface area contributed by atoms with E-state index in [0.717, 1.165) is 18.2 Å². The molecule has 0 amide bonds. The SMILES string of the molecule is CCOCC(O)c1cc(F)ccc1F. The lowest BCUT2D eigenvalue weighted by Crippen LogP contribution is -2.09. The van der Waals surface area contributed by atoms with Crippen LogP contribution in [0.1, 0.15) is 18.6 Å². The van der Waals surface area contributed by atoms with Gasteiger partial charge in [-0.15, -0.1) is 0 Å². The molecular formula is C10H12F2O2. The third-order valence-corrected chi connectivity index (χ3v) is 1.80. The number of ether oxygens (including phenoxy) is 1. The third kappa shape index (κ3) is 2.75. The summed E-state index contributed by atoms with van der Waals surface area (Å²) in [6, 6.07) is 2.96. The molecule has 2 nitrogen and oxygen atoms in total. The molecule has 1 unspecified atom stereocenters. The van der Waals surface area contributed by atoms with E-state index < -0.39 is 17.7 Å². The highest BCUT2D eigenvalue weighted by molar-refractivity contribution is 5.21. The van der Waals surface area contributed by atoms with Crippen LogP contribution in [0.25, 0.3) is 0 Å². The highest BCUT2D eigenvalue weighted by atomic mass is 19.1. The number of hydrogen-bond donors (Lipinski definition) is 1. The first-order valence-corrected chi connectivity index (χ1v) is 4.36. The summed E-state index contributed by atoms with van der Waals surface area (Å²) in [5, 5.41) is 9.43. The maximum atomic E-state index is 13.1. The summed E-state index contributed by atoms with van der Waals surface area (Å²) in [5.41, 5.74) is -0.0709. The summed E-state index contributed by atoms with van der Waals surface area (Å²) in [5.74, 6) is -1.20. The fraction of sp³-hybridized carbons (Fsp3) is 0.400. The van der Waals surface area contributed by atoms with Gasteiger partial charge in [0.05, 0.1) is 6.61 Å². The normalized spacial score (nSPS) is 12.9. The molecule has 0 aliphatic carbocycles. The van der Waals surface area contributed by atoms with Crippen molar-refractivity contribution >= 4 is 0 Å². The van der Waals surface area contributed by atoms with Crippen molar-refractivity contribution in [3.05, 3.63) is 35.4 Å². The molecule has 0 fully saturated rings. The van der Waals surface area contributed by atoms with Gasteiger partial charge in [-0.25, -0.2) is 8.78 Å². The van der Waals surface area contributed by atoms with Crippen LogP contribution in [0.4, 0.5) is 8.78 Å². The molecule has 1 N–H and O–H groups in total. The Kier molecular flexibility index (Phi) is 3.98. The largest absolute Gasteiger partial charge is 0.386 e. The number of rotatable bonds is 4. The average molecular weight is 202 g/mol. The summed E-state index contributed by atoms with van der Waals surface area (Å²) in [6.07, 6.45) is -1.12. The predicted octanol–water partition coefficient (Wildman–Crippen LogP) is 2.03. The molecule has 0 aromatic heterocycles. The van der Waals surface area contributed by atoms with Crippen LogP contribution in [0.15, 0.2) is 18.2 Å². The second-order valence-corrected chi connectivity index (χ2v) is 2.84. The number of aliphatic hydroxyl groups is 1. The maximum absolute atomic E-state index is 13.1. The molecule has 0 aliphatic rings. The lowest BCUT2D eigenvalue weighted by atomic mass is 10.1. The van der Waals surface area contributed by atoms with Crippen molar-refractivity contribution in [2.24, 2.45) is 0 Å². The smallest absolute Gasteiger partial charge is 0.129 e. The minimum atomic E-state index is -1.12. The van der Waals surface area contributed by atoms with Crippen LogP contribution < -0.4 is 0 Å². The van der Waals surface area contributed by atoms with E-state index in [2.05, 4.69) is 0 Å². The Morgan fingerprint density at radius 1 is 1.43 bits per heavy atom. The number of halogens is 2. The van der Waals surface area contributed by atoms with E-state index in [1.807, 2.05) is 0 Å². The van der Waals surface area contributed by atoms with E-state index in [9.17, 15) is 13.9 Å². The van der Waals surface area contributed by atoms with Gasteiger partial charge >= 0.3 is 0 Å². The monoisotopic (exact) mass is 202 g/mol. The van der Waals surface area contributed by atoms with Gasteiger partial charge < -0.3 is 9.84 Å². The van der Waals surface area contributed by atoms with E-state index in [1.54, 1.807) is 6.92 Å². The molecule has 0 radical (unpaired) electrons. The minimum Gasteiger partial charge on any atom is -0.386 e. The Labute approximate surface area is 81.1 Å². The lowest BCUT2D eigenvalue weighted by molar-refractivity contribution is 0.0400. The molecule has 0 aliphatic heterocycles. The van der Waals surface area contributed by atoms with Crippen molar-refractivity contribution in [2.75, 3.05) is 13.2 Å². The minimum absolute atomic E-state index is 0.0309. The highest BCUT2D eigenvalue weighted by Gasteiger charge is 2.13. The zero-order valence-corrected chi connectivity index (χ0v) is 7.84. The summed E-state index contributed by atoms with van der Waals surface area (Å²) in [4.78, 5) is 0. The van der Waals surface area contributed by atoms with Crippen LogP contribution in [-0.4, -0.2) is 18.3 Å². The molecule has 0 saturated heterocycles. The molecule has 1 aromatic rings. The number of aliphatic hydroxyl groups excluding tert-OH is 1. The molecule has 0 spiro atoms. The molecule has 78 valence electrons. The number of benzene rings is 1. The van der Waals surface area contributed by atoms with Crippen molar-refractivity contribution in [1.29, 1.82) is 0 Å². The highest BCUT2D eigenvalue weighted by Crippen LogP contribution is 2.18. The molecule has 0 heterocycles. The summed E-state index contributed by atoms with van der Waals surface area (Å²) < 4.78 is 30.7. The van der Waals surface area contributed by atoms with Crippen LogP contribution in [0, 0.1) is 11.6 Å². The Hall–Kier alpha value is -1.00. The van der Waals surface area contributed by atoms with Crippen LogP contribution >= 0.6 is 0 Å². The molecule has 4 heteroatoms. The van der Waals surface area contributed by atoms with E-state index in [0.29, 0.717) is 6.61 Å². The molecule has 1 rings (SSSR count). The van der Waals surface area contributed by atoms with Gasteiger partial charge in [0.2, 0.25) is 0 Å².